The SMILES string of the molecule is Cc1ccc(C(=O)C(C)c2ccc(OCC(C)C)cc2)cc1. The van der Waals surface area contributed by atoms with E-state index in [9.17, 15) is 4.79 Å². The zero-order valence-corrected chi connectivity index (χ0v) is 13.8. The number of benzene rings is 2. The summed E-state index contributed by atoms with van der Waals surface area (Å²) in [5.41, 5.74) is 2.94. The van der Waals surface area contributed by atoms with Crippen LogP contribution < -0.4 is 4.74 Å². The molecule has 0 aliphatic carbocycles. The molecule has 1 unspecified atom stereocenters. The van der Waals surface area contributed by atoms with Gasteiger partial charge >= 0.3 is 0 Å². The Morgan fingerprint density at radius 3 is 2.09 bits per heavy atom. The Morgan fingerprint density at radius 2 is 1.55 bits per heavy atom. The van der Waals surface area contributed by atoms with Crippen LogP contribution in [0, 0.1) is 12.8 Å². The predicted octanol–water partition coefficient (Wildman–Crippen LogP) is 5.02. The summed E-state index contributed by atoms with van der Waals surface area (Å²) in [4.78, 5) is 12.5. The summed E-state index contributed by atoms with van der Waals surface area (Å²) in [5.74, 6) is 1.35. The van der Waals surface area contributed by atoms with Gasteiger partial charge in [0.05, 0.1) is 6.61 Å². The van der Waals surface area contributed by atoms with Crippen LogP contribution in [0.2, 0.25) is 0 Å². The molecule has 0 saturated heterocycles. The van der Waals surface area contributed by atoms with E-state index in [0.717, 1.165) is 22.4 Å². The Hall–Kier alpha value is -2.09. The van der Waals surface area contributed by atoms with Gasteiger partial charge in [-0.25, -0.2) is 0 Å². The smallest absolute Gasteiger partial charge is 0.170 e. The van der Waals surface area contributed by atoms with Gasteiger partial charge in [0.25, 0.3) is 0 Å². The summed E-state index contributed by atoms with van der Waals surface area (Å²) in [6, 6.07) is 15.6. The number of carbonyl (C=O) groups excluding carboxylic acids is 1. The summed E-state index contributed by atoms with van der Waals surface area (Å²) >= 11 is 0. The average molecular weight is 296 g/mol. The molecule has 2 nitrogen and oxygen atoms in total. The largest absolute Gasteiger partial charge is 0.493 e. The first-order chi connectivity index (χ1) is 10.5. The summed E-state index contributed by atoms with van der Waals surface area (Å²) in [6.45, 7) is 8.92. The molecule has 116 valence electrons. The van der Waals surface area contributed by atoms with Crippen molar-refractivity contribution in [3.05, 3.63) is 65.2 Å². The molecule has 0 aliphatic heterocycles. The second-order valence-electron chi connectivity index (χ2n) is 6.23. The van der Waals surface area contributed by atoms with Crippen LogP contribution in [0.25, 0.3) is 0 Å². The lowest BCUT2D eigenvalue weighted by Crippen LogP contribution is -2.10. The van der Waals surface area contributed by atoms with Gasteiger partial charge in [0.1, 0.15) is 5.75 Å². The summed E-state index contributed by atoms with van der Waals surface area (Å²) < 4.78 is 5.68. The Balaban J connectivity index is 2.07. The van der Waals surface area contributed by atoms with E-state index >= 15 is 0 Å². The number of hydrogen-bond acceptors (Lipinski definition) is 2. The number of aryl methyl sites for hydroxylation is 1. The van der Waals surface area contributed by atoms with Crippen molar-refractivity contribution < 1.29 is 9.53 Å². The van der Waals surface area contributed by atoms with Crippen LogP contribution >= 0.6 is 0 Å². The first kappa shape index (κ1) is 16.3. The van der Waals surface area contributed by atoms with Crippen LogP contribution in [0.5, 0.6) is 5.75 Å². The first-order valence-corrected chi connectivity index (χ1v) is 7.81. The van der Waals surface area contributed by atoms with Crippen molar-refractivity contribution in [3.8, 4) is 5.75 Å². The summed E-state index contributed by atoms with van der Waals surface area (Å²) in [6.07, 6.45) is 0. The van der Waals surface area contributed by atoms with Crippen molar-refractivity contribution in [3.63, 3.8) is 0 Å². The van der Waals surface area contributed by atoms with E-state index in [2.05, 4.69) is 13.8 Å². The summed E-state index contributed by atoms with van der Waals surface area (Å²) in [5, 5.41) is 0. The van der Waals surface area contributed by atoms with Gasteiger partial charge in [0.15, 0.2) is 5.78 Å². The standard InChI is InChI=1S/C20H24O2/c1-14(2)13-22-19-11-9-17(10-12-19)16(4)20(21)18-7-5-15(3)6-8-18/h5-12,14,16H,13H2,1-4H3. The molecule has 0 N–H and O–H groups in total. The molecule has 1 atom stereocenters. The van der Waals surface area contributed by atoms with Crippen molar-refractivity contribution in [1.29, 1.82) is 0 Å². The maximum atomic E-state index is 12.5. The van der Waals surface area contributed by atoms with E-state index in [-0.39, 0.29) is 11.7 Å². The zero-order chi connectivity index (χ0) is 16.1. The third kappa shape index (κ3) is 4.20. The number of rotatable bonds is 6. The quantitative estimate of drug-likeness (QED) is 0.700. The van der Waals surface area contributed by atoms with Crippen LogP contribution in [0.1, 0.15) is 48.2 Å². The lowest BCUT2D eigenvalue weighted by molar-refractivity contribution is 0.0966. The lowest BCUT2D eigenvalue weighted by atomic mass is 9.92. The van der Waals surface area contributed by atoms with Crippen molar-refractivity contribution in [2.45, 2.75) is 33.6 Å². The van der Waals surface area contributed by atoms with Crippen LogP contribution in [0.15, 0.2) is 48.5 Å². The lowest BCUT2D eigenvalue weighted by Gasteiger charge is -2.13. The topological polar surface area (TPSA) is 26.3 Å². The molecule has 0 radical (unpaired) electrons. The number of hydrogen-bond donors (Lipinski definition) is 0. The average Bonchev–Trinajstić information content (AvgIpc) is 2.53. The fourth-order valence-corrected chi connectivity index (χ4v) is 2.23. The molecule has 2 aromatic carbocycles. The molecule has 0 amide bonds. The first-order valence-electron chi connectivity index (χ1n) is 7.81. The van der Waals surface area contributed by atoms with Gasteiger partial charge in [-0.1, -0.05) is 62.7 Å². The highest BCUT2D eigenvalue weighted by Gasteiger charge is 2.17. The molecule has 2 heteroatoms. The van der Waals surface area contributed by atoms with Crippen LogP contribution in [0.3, 0.4) is 0 Å². The molecule has 2 aromatic rings. The van der Waals surface area contributed by atoms with Gasteiger partial charge < -0.3 is 4.74 Å². The van der Waals surface area contributed by atoms with E-state index in [1.54, 1.807) is 0 Å². The maximum Gasteiger partial charge on any atom is 0.170 e. The van der Waals surface area contributed by atoms with Crippen LogP contribution in [-0.2, 0) is 0 Å². The highest BCUT2D eigenvalue weighted by atomic mass is 16.5. The van der Waals surface area contributed by atoms with Crippen molar-refractivity contribution >= 4 is 5.78 Å². The molecule has 0 saturated carbocycles. The van der Waals surface area contributed by atoms with E-state index in [1.807, 2.05) is 62.4 Å². The molecule has 2 rings (SSSR count). The Morgan fingerprint density at radius 1 is 0.955 bits per heavy atom. The molecule has 0 aliphatic rings. The fourth-order valence-electron chi connectivity index (χ4n) is 2.23. The third-order valence-corrected chi connectivity index (χ3v) is 3.69. The van der Waals surface area contributed by atoms with E-state index in [0.29, 0.717) is 12.5 Å². The van der Waals surface area contributed by atoms with Crippen molar-refractivity contribution in [1.82, 2.24) is 0 Å². The number of carbonyl (C=O) groups is 1. The highest BCUT2D eigenvalue weighted by molar-refractivity contribution is 6.00. The zero-order valence-electron chi connectivity index (χ0n) is 13.8. The van der Waals surface area contributed by atoms with E-state index in [4.69, 9.17) is 4.74 Å². The minimum absolute atomic E-state index is 0.149. The van der Waals surface area contributed by atoms with E-state index < -0.39 is 0 Å². The van der Waals surface area contributed by atoms with Gasteiger partial charge in [-0.15, -0.1) is 0 Å². The normalized spacial score (nSPS) is 12.2. The van der Waals surface area contributed by atoms with E-state index in [1.165, 1.54) is 0 Å². The van der Waals surface area contributed by atoms with Gasteiger partial charge in [0, 0.05) is 11.5 Å². The monoisotopic (exact) mass is 296 g/mol. The molecule has 0 heterocycles. The third-order valence-electron chi connectivity index (χ3n) is 3.69. The minimum atomic E-state index is -0.151. The van der Waals surface area contributed by atoms with Gasteiger partial charge in [-0.2, -0.15) is 0 Å². The minimum Gasteiger partial charge on any atom is -0.493 e. The molecule has 22 heavy (non-hydrogen) atoms. The second kappa shape index (κ2) is 7.26. The van der Waals surface area contributed by atoms with Gasteiger partial charge in [-0.05, 0) is 30.5 Å². The predicted molar refractivity (Wildman–Crippen MR) is 90.7 cm³/mol. The number of ether oxygens (including phenoxy) is 1. The number of Topliss-reactive ketones (excluding diaryl/α,β-unsaturated/α-hetero) is 1. The van der Waals surface area contributed by atoms with Crippen LogP contribution in [0.4, 0.5) is 0 Å². The number of ketones is 1. The molecule has 0 spiro atoms. The molecule has 0 bridgehead atoms. The van der Waals surface area contributed by atoms with Gasteiger partial charge in [-0.3, -0.25) is 4.79 Å². The summed E-state index contributed by atoms with van der Waals surface area (Å²) in [7, 11) is 0. The highest BCUT2D eigenvalue weighted by Crippen LogP contribution is 2.23. The Labute approximate surface area is 133 Å². The van der Waals surface area contributed by atoms with Gasteiger partial charge in [0.2, 0.25) is 0 Å². The van der Waals surface area contributed by atoms with Crippen molar-refractivity contribution in [2.24, 2.45) is 5.92 Å². The molecule has 0 aromatic heterocycles. The fraction of sp³-hybridized carbons (Fsp3) is 0.350. The molecule has 0 fully saturated rings. The second-order valence-corrected chi connectivity index (χ2v) is 6.23. The van der Waals surface area contributed by atoms with Crippen molar-refractivity contribution in [2.75, 3.05) is 6.61 Å². The van der Waals surface area contributed by atoms with Crippen LogP contribution in [-0.4, -0.2) is 12.4 Å². The maximum absolute atomic E-state index is 12.5. The molecular weight excluding hydrogens is 272 g/mol. The Bertz CT molecular complexity index is 609. The molecular formula is C20H24O2. The Kier molecular flexibility index (Phi) is 5.37.